The van der Waals surface area contributed by atoms with Gasteiger partial charge in [-0.2, -0.15) is 0 Å². The van der Waals surface area contributed by atoms with E-state index in [1.165, 1.54) is 32.1 Å². The standard InChI is InChI=1S/C18H28N2O/c1-14(2)19-17-12-8-7-11-16(17)18(21)20(3)13-15-9-5-4-6-10-15/h7-8,11-12,14-15,19H,4-6,9-10,13H2,1-3H3. The minimum Gasteiger partial charge on any atom is -0.382 e. The molecule has 2 rings (SSSR count). The molecule has 21 heavy (non-hydrogen) atoms. The van der Waals surface area contributed by atoms with Crippen molar-refractivity contribution in [1.29, 1.82) is 0 Å². The van der Waals surface area contributed by atoms with Crippen LogP contribution in [0.15, 0.2) is 24.3 Å². The summed E-state index contributed by atoms with van der Waals surface area (Å²) in [5.74, 6) is 0.808. The number of para-hydroxylation sites is 1. The molecule has 3 heteroatoms. The van der Waals surface area contributed by atoms with E-state index in [0.29, 0.717) is 12.0 Å². The van der Waals surface area contributed by atoms with Crippen molar-refractivity contribution in [3.8, 4) is 0 Å². The molecule has 0 bridgehead atoms. The normalized spacial score (nSPS) is 16.0. The molecule has 0 atom stereocenters. The van der Waals surface area contributed by atoms with Gasteiger partial charge in [-0.3, -0.25) is 4.79 Å². The lowest BCUT2D eigenvalue weighted by atomic mass is 9.89. The van der Waals surface area contributed by atoms with E-state index in [1.54, 1.807) is 0 Å². The number of benzene rings is 1. The summed E-state index contributed by atoms with van der Waals surface area (Å²) in [5.41, 5.74) is 1.72. The van der Waals surface area contributed by atoms with Crippen LogP contribution >= 0.6 is 0 Å². The van der Waals surface area contributed by atoms with Gasteiger partial charge >= 0.3 is 0 Å². The zero-order valence-electron chi connectivity index (χ0n) is 13.6. The third kappa shape index (κ3) is 4.48. The molecule has 0 radical (unpaired) electrons. The summed E-state index contributed by atoms with van der Waals surface area (Å²) >= 11 is 0. The molecular formula is C18H28N2O. The summed E-state index contributed by atoms with van der Waals surface area (Å²) in [6, 6.07) is 8.14. The number of carbonyl (C=O) groups excluding carboxylic acids is 1. The summed E-state index contributed by atoms with van der Waals surface area (Å²) in [7, 11) is 1.93. The minimum absolute atomic E-state index is 0.129. The second kappa shape index (κ2) is 7.48. The van der Waals surface area contributed by atoms with Gasteiger partial charge in [0.15, 0.2) is 0 Å². The van der Waals surface area contributed by atoms with Crippen molar-refractivity contribution in [1.82, 2.24) is 4.90 Å². The third-order valence-electron chi connectivity index (χ3n) is 4.21. The molecular weight excluding hydrogens is 260 g/mol. The lowest BCUT2D eigenvalue weighted by Crippen LogP contribution is -2.33. The van der Waals surface area contributed by atoms with Crippen LogP contribution in [0.4, 0.5) is 5.69 Å². The summed E-state index contributed by atoms with van der Waals surface area (Å²) < 4.78 is 0. The summed E-state index contributed by atoms with van der Waals surface area (Å²) in [6.07, 6.45) is 6.53. The maximum atomic E-state index is 12.7. The van der Waals surface area contributed by atoms with E-state index in [4.69, 9.17) is 0 Å². The van der Waals surface area contributed by atoms with Gasteiger partial charge in [-0.05, 0) is 44.7 Å². The number of hydrogen-bond donors (Lipinski definition) is 1. The first-order valence-corrected chi connectivity index (χ1v) is 8.19. The van der Waals surface area contributed by atoms with Crippen molar-refractivity contribution < 1.29 is 4.79 Å². The zero-order valence-corrected chi connectivity index (χ0v) is 13.6. The van der Waals surface area contributed by atoms with Gasteiger partial charge < -0.3 is 10.2 Å². The molecule has 1 fully saturated rings. The number of carbonyl (C=O) groups is 1. The Balaban J connectivity index is 2.04. The monoisotopic (exact) mass is 288 g/mol. The summed E-state index contributed by atoms with van der Waals surface area (Å²) in [5, 5.41) is 3.37. The van der Waals surface area contributed by atoms with Gasteiger partial charge in [0.05, 0.1) is 5.56 Å². The first-order chi connectivity index (χ1) is 10.1. The second-order valence-corrected chi connectivity index (χ2v) is 6.53. The van der Waals surface area contributed by atoms with E-state index < -0.39 is 0 Å². The molecule has 1 aliphatic carbocycles. The quantitative estimate of drug-likeness (QED) is 0.882. The molecule has 0 aromatic heterocycles. The van der Waals surface area contributed by atoms with Crippen LogP contribution in [0.3, 0.4) is 0 Å². The van der Waals surface area contributed by atoms with Gasteiger partial charge in [-0.25, -0.2) is 0 Å². The Morgan fingerprint density at radius 3 is 2.57 bits per heavy atom. The smallest absolute Gasteiger partial charge is 0.255 e. The predicted molar refractivity (Wildman–Crippen MR) is 88.7 cm³/mol. The first kappa shape index (κ1) is 15.9. The van der Waals surface area contributed by atoms with Gasteiger partial charge in [0.2, 0.25) is 0 Å². The lowest BCUT2D eigenvalue weighted by Gasteiger charge is -2.27. The van der Waals surface area contributed by atoms with Crippen molar-refractivity contribution >= 4 is 11.6 Å². The summed E-state index contributed by atoms with van der Waals surface area (Å²) in [4.78, 5) is 14.6. The van der Waals surface area contributed by atoms with Gasteiger partial charge in [0, 0.05) is 25.3 Å². The van der Waals surface area contributed by atoms with E-state index in [9.17, 15) is 4.79 Å². The topological polar surface area (TPSA) is 32.3 Å². The van der Waals surface area contributed by atoms with E-state index in [2.05, 4.69) is 19.2 Å². The van der Waals surface area contributed by atoms with E-state index >= 15 is 0 Å². The third-order valence-corrected chi connectivity index (χ3v) is 4.21. The van der Waals surface area contributed by atoms with Crippen LogP contribution in [0, 0.1) is 5.92 Å². The molecule has 0 aliphatic heterocycles. The highest BCUT2D eigenvalue weighted by atomic mass is 16.2. The van der Waals surface area contributed by atoms with Crippen molar-refractivity contribution in [2.45, 2.75) is 52.0 Å². The number of hydrogen-bond acceptors (Lipinski definition) is 2. The second-order valence-electron chi connectivity index (χ2n) is 6.53. The van der Waals surface area contributed by atoms with Gasteiger partial charge in [-0.15, -0.1) is 0 Å². The number of anilines is 1. The average molecular weight is 288 g/mol. The van der Waals surface area contributed by atoms with Crippen molar-refractivity contribution in [3.05, 3.63) is 29.8 Å². The average Bonchev–Trinajstić information content (AvgIpc) is 2.47. The molecule has 0 saturated heterocycles. The predicted octanol–water partition coefficient (Wildman–Crippen LogP) is 4.16. The minimum atomic E-state index is 0.129. The molecule has 1 saturated carbocycles. The van der Waals surface area contributed by atoms with Crippen LogP contribution in [0.1, 0.15) is 56.3 Å². The van der Waals surface area contributed by atoms with Crippen molar-refractivity contribution in [2.24, 2.45) is 5.92 Å². The van der Waals surface area contributed by atoms with Gasteiger partial charge in [0.1, 0.15) is 0 Å². The Hall–Kier alpha value is -1.51. The Labute approximate surface area is 128 Å². The fourth-order valence-corrected chi connectivity index (χ4v) is 3.15. The largest absolute Gasteiger partial charge is 0.382 e. The number of nitrogens with one attached hydrogen (secondary N) is 1. The molecule has 0 heterocycles. The Kier molecular flexibility index (Phi) is 5.66. The highest BCUT2D eigenvalue weighted by Gasteiger charge is 2.20. The molecule has 0 spiro atoms. The Morgan fingerprint density at radius 2 is 1.90 bits per heavy atom. The SMILES string of the molecule is CC(C)Nc1ccccc1C(=O)N(C)CC1CCCCC1. The fraction of sp³-hybridized carbons (Fsp3) is 0.611. The molecule has 116 valence electrons. The highest BCUT2D eigenvalue weighted by molar-refractivity contribution is 5.99. The maximum absolute atomic E-state index is 12.7. The first-order valence-electron chi connectivity index (χ1n) is 8.19. The lowest BCUT2D eigenvalue weighted by molar-refractivity contribution is 0.0761. The van der Waals surface area contributed by atoms with E-state index in [-0.39, 0.29) is 5.91 Å². The molecule has 1 N–H and O–H groups in total. The van der Waals surface area contributed by atoms with Crippen LogP contribution in [0.5, 0.6) is 0 Å². The van der Waals surface area contributed by atoms with Gasteiger partial charge in [-0.1, -0.05) is 31.4 Å². The van der Waals surface area contributed by atoms with Crippen LogP contribution in [0.2, 0.25) is 0 Å². The van der Waals surface area contributed by atoms with Gasteiger partial charge in [0.25, 0.3) is 5.91 Å². The molecule has 0 unspecified atom stereocenters. The van der Waals surface area contributed by atoms with Crippen molar-refractivity contribution in [3.63, 3.8) is 0 Å². The van der Waals surface area contributed by atoms with Crippen LogP contribution in [-0.4, -0.2) is 30.4 Å². The van der Waals surface area contributed by atoms with Crippen LogP contribution in [0.25, 0.3) is 0 Å². The molecule has 1 aromatic carbocycles. The number of amides is 1. The van der Waals surface area contributed by atoms with E-state index in [0.717, 1.165) is 17.8 Å². The zero-order chi connectivity index (χ0) is 15.2. The molecule has 1 aromatic rings. The number of nitrogens with zero attached hydrogens (tertiary/aromatic N) is 1. The maximum Gasteiger partial charge on any atom is 0.255 e. The molecule has 1 amide bonds. The van der Waals surface area contributed by atoms with Crippen LogP contribution < -0.4 is 5.32 Å². The molecule has 3 nitrogen and oxygen atoms in total. The summed E-state index contributed by atoms with van der Waals surface area (Å²) in [6.45, 7) is 5.06. The number of rotatable bonds is 5. The highest BCUT2D eigenvalue weighted by Crippen LogP contribution is 2.25. The molecule has 1 aliphatic rings. The van der Waals surface area contributed by atoms with E-state index in [1.807, 2.05) is 36.2 Å². The Bertz CT molecular complexity index is 464. The Morgan fingerprint density at radius 1 is 1.24 bits per heavy atom. The van der Waals surface area contributed by atoms with Crippen molar-refractivity contribution in [2.75, 3.05) is 18.9 Å². The van der Waals surface area contributed by atoms with Crippen LogP contribution in [-0.2, 0) is 0 Å². The fourth-order valence-electron chi connectivity index (χ4n) is 3.15.